The van der Waals surface area contributed by atoms with Crippen LogP contribution in [0, 0.1) is 5.82 Å². The van der Waals surface area contributed by atoms with Crippen LogP contribution in [-0.2, 0) is 4.79 Å². The molecule has 0 saturated heterocycles. The van der Waals surface area contributed by atoms with Crippen molar-refractivity contribution >= 4 is 29.0 Å². The van der Waals surface area contributed by atoms with Crippen molar-refractivity contribution in [2.45, 2.75) is 4.90 Å². The highest BCUT2D eigenvalue weighted by molar-refractivity contribution is 8.00. The maximum absolute atomic E-state index is 13.0. The molecule has 2 aromatic rings. The van der Waals surface area contributed by atoms with Gasteiger partial charge < -0.3 is 15.8 Å². The third-order valence-electron chi connectivity index (χ3n) is 2.65. The molecule has 0 aliphatic heterocycles. The summed E-state index contributed by atoms with van der Waals surface area (Å²) in [6, 6.07) is 11.0. The predicted molar refractivity (Wildman–Crippen MR) is 83.2 cm³/mol. The first-order chi connectivity index (χ1) is 10.1. The molecule has 0 aliphatic carbocycles. The smallest absolute Gasteiger partial charge is 0.234 e. The fourth-order valence-corrected chi connectivity index (χ4v) is 2.52. The number of anilines is 2. The lowest BCUT2D eigenvalue weighted by molar-refractivity contribution is -0.113. The summed E-state index contributed by atoms with van der Waals surface area (Å²) in [5.74, 6) is 0.209. The summed E-state index contributed by atoms with van der Waals surface area (Å²) in [5, 5.41) is 2.64. The number of nitrogens with two attached hydrogens (primary N) is 1. The van der Waals surface area contributed by atoms with Crippen LogP contribution in [0.3, 0.4) is 0 Å². The fraction of sp³-hybridized carbons (Fsp3) is 0.133. The van der Waals surface area contributed by atoms with Crippen LogP contribution in [0.1, 0.15) is 0 Å². The van der Waals surface area contributed by atoms with E-state index in [1.54, 1.807) is 37.4 Å². The van der Waals surface area contributed by atoms with Crippen LogP contribution in [0.4, 0.5) is 15.8 Å². The van der Waals surface area contributed by atoms with Crippen LogP contribution < -0.4 is 15.8 Å². The monoisotopic (exact) mass is 306 g/mol. The minimum Gasteiger partial charge on any atom is -0.496 e. The number of amides is 1. The van der Waals surface area contributed by atoms with Crippen molar-refractivity contribution in [2.75, 3.05) is 23.9 Å². The Labute approximate surface area is 126 Å². The van der Waals surface area contributed by atoms with E-state index in [0.717, 1.165) is 4.90 Å². The summed E-state index contributed by atoms with van der Waals surface area (Å²) in [5.41, 5.74) is 6.70. The molecule has 0 radical (unpaired) electrons. The molecule has 0 spiro atoms. The van der Waals surface area contributed by atoms with Gasteiger partial charge in [0.05, 0.1) is 12.9 Å². The first kappa shape index (κ1) is 15.2. The van der Waals surface area contributed by atoms with E-state index in [-0.39, 0.29) is 17.5 Å². The Bertz CT molecular complexity index is 649. The van der Waals surface area contributed by atoms with Crippen LogP contribution in [-0.4, -0.2) is 18.8 Å². The van der Waals surface area contributed by atoms with Gasteiger partial charge in [-0.25, -0.2) is 4.39 Å². The molecule has 6 heteroatoms. The van der Waals surface area contributed by atoms with Crippen molar-refractivity contribution in [1.29, 1.82) is 0 Å². The van der Waals surface area contributed by atoms with Crippen molar-refractivity contribution < 1.29 is 13.9 Å². The fourth-order valence-electron chi connectivity index (χ4n) is 1.71. The molecule has 3 N–H and O–H groups in total. The Balaban J connectivity index is 1.95. The van der Waals surface area contributed by atoms with Gasteiger partial charge in [-0.05, 0) is 30.3 Å². The number of nitrogens with one attached hydrogen (secondary N) is 1. The number of nitrogen functional groups attached to an aromatic ring is 1. The molecule has 1 amide bonds. The molecule has 0 atom stereocenters. The second-order valence-electron chi connectivity index (χ2n) is 4.26. The summed E-state index contributed by atoms with van der Waals surface area (Å²) in [6.07, 6.45) is 0. The largest absolute Gasteiger partial charge is 0.496 e. The maximum Gasteiger partial charge on any atom is 0.234 e. The van der Waals surface area contributed by atoms with E-state index in [2.05, 4.69) is 5.32 Å². The van der Waals surface area contributed by atoms with Gasteiger partial charge in [0.1, 0.15) is 11.6 Å². The number of carbonyl (C=O) groups excluding carboxylic acids is 1. The Morgan fingerprint density at radius 1 is 1.33 bits per heavy atom. The lowest BCUT2D eigenvalue weighted by Crippen LogP contribution is -2.14. The van der Waals surface area contributed by atoms with E-state index in [4.69, 9.17) is 10.5 Å². The van der Waals surface area contributed by atoms with Crippen molar-refractivity contribution in [1.82, 2.24) is 0 Å². The number of thioether (sulfide) groups is 1. The molecule has 0 aliphatic rings. The van der Waals surface area contributed by atoms with Gasteiger partial charge in [-0.3, -0.25) is 4.79 Å². The van der Waals surface area contributed by atoms with Gasteiger partial charge in [0.2, 0.25) is 5.91 Å². The third-order valence-corrected chi connectivity index (χ3v) is 3.71. The molecule has 0 heterocycles. The minimum absolute atomic E-state index is 0.191. The van der Waals surface area contributed by atoms with E-state index in [0.29, 0.717) is 17.1 Å². The number of rotatable bonds is 5. The topological polar surface area (TPSA) is 64.3 Å². The molecule has 4 nitrogen and oxygen atoms in total. The minimum atomic E-state index is -0.388. The van der Waals surface area contributed by atoms with E-state index in [1.807, 2.05) is 0 Å². The summed E-state index contributed by atoms with van der Waals surface area (Å²) in [6.45, 7) is 0. The molecule has 0 bridgehead atoms. The number of halogens is 1. The maximum atomic E-state index is 13.0. The highest BCUT2D eigenvalue weighted by Crippen LogP contribution is 2.30. The second-order valence-corrected chi connectivity index (χ2v) is 5.27. The normalized spacial score (nSPS) is 10.2. The average Bonchev–Trinajstić information content (AvgIpc) is 2.45. The lowest BCUT2D eigenvalue weighted by atomic mass is 10.3. The highest BCUT2D eigenvalue weighted by atomic mass is 32.2. The molecule has 2 aromatic carbocycles. The number of hydrogen-bond donors (Lipinski definition) is 2. The van der Waals surface area contributed by atoms with E-state index in [9.17, 15) is 9.18 Å². The lowest BCUT2D eigenvalue weighted by Gasteiger charge is -2.09. The number of methoxy groups -OCH3 is 1. The summed E-state index contributed by atoms with van der Waals surface area (Å²) in [4.78, 5) is 12.7. The SMILES string of the molecule is COc1cc(N)ccc1SCC(=O)Nc1cccc(F)c1. The standard InChI is InChI=1S/C15H15FN2O2S/c1-20-13-8-11(17)5-6-14(13)21-9-15(19)18-12-4-2-3-10(16)7-12/h2-8H,9,17H2,1H3,(H,18,19). The van der Waals surface area contributed by atoms with Gasteiger partial charge in [-0.2, -0.15) is 0 Å². The van der Waals surface area contributed by atoms with Gasteiger partial charge >= 0.3 is 0 Å². The number of carbonyl (C=O) groups is 1. The molecule has 0 unspecified atom stereocenters. The molecule has 0 aromatic heterocycles. The molecular weight excluding hydrogens is 291 g/mol. The zero-order valence-corrected chi connectivity index (χ0v) is 12.2. The van der Waals surface area contributed by atoms with Gasteiger partial charge in [0.25, 0.3) is 0 Å². The average molecular weight is 306 g/mol. The van der Waals surface area contributed by atoms with Gasteiger partial charge in [-0.15, -0.1) is 11.8 Å². The van der Waals surface area contributed by atoms with Crippen LogP contribution in [0.25, 0.3) is 0 Å². The molecular formula is C15H15FN2O2S. The first-order valence-electron chi connectivity index (χ1n) is 6.20. The van der Waals surface area contributed by atoms with E-state index < -0.39 is 0 Å². The van der Waals surface area contributed by atoms with E-state index >= 15 is 0 Å². The Morgan fingerprint density at radius 3 is 2.86 bits per heavy atom. The first-order valence-corrected chi connectivity index (χ1v) is 7.19. The summed E-state index contributed by atoms with van der Waals surface area (Å²) >= 11 is 1.33. The Kier molecular flexibility index (Phi) is 5.05. The number of benzene rings is 2. The van der Waals surface area contributed by atoms with Crippen LogP contribution in [0.5, 0.6) is 5.75 Å². The quantitative estimate of drug-likeness (QED) is 0.658. The molecule has 0 fully saturated rings. The van der Waals surface area contributed by atoms with E-state index in [1.165, 1.54) is 23.9 Å². The summed E-state index contributed by atoms with van der Waals surface area (Å²) < 4.78 is 18.2. The Morgan fingerprint density at radius 2 is 2.14 bits per heavy atom. The van der Waals surface area contributed by atoms with Crippen LogP contribution in [0.15, 0.2) is 47.4 Å². The Hall–Kier alpha value is -2.21. The third kappa shape index (κ3) is 4.39. The molecule has 21 heavy (non-hydrogen) atoms. The van der Waals surface area contributed by atoms with Crippen molar-refractivity contribution in [2.24, 2.45) is 0 Å². The number of ether oxygens (including phenoxy) is 1. The van der Waals surface area contributed by atoms with Gasteiger partial charge in [0.15, 0.2) is 0 Å². The van der Waals surface area contributed by atoms with Crippen LogP contribution >= 0.6 is 11.8 Å². The highest BCUT2D eigenvalue weighted by Gasteiger charge is 2.08. The zero-order valence-electron chi connectivity index (χ0n) is 11.4. The molecule has 110 valence electrons. The second kappa shape index (κ2) is 6.99. The molecule has 2 rings (SSSR count). The number of hydrogen-bond acceptors (Lipinski definition) is 4. The van der Waals surface area contributed by atoms with Gasteiger partial charge in [-0.1, -0.05) is 6.07 Å². The summed E-state index contributed by atoms with van der Waals surface area (Å²) in [7, 11) is 1.55. The van der Waals surface area contributed by atoms with Crippen molar-refractivity contribution in [3.8, 4) is 5.75 Å². The predicted octanol–water partition coefficient (Wildman–Crippen LogP) is 3.15. The van der Waals surface area contributed by atoms with Crippen molar-refractivity contribution in [3.05, 3.63) is 48.3 Å². The van der Waals surface area contributed by atoms with Crippen molar-refractivity contribution in [3.63, 3.8) is 0 Å². The zero-order chi connectivity index (χ0) is 15.2. The molecule has 0 saturated carbocycles. The van der Waals surface area contributed by atoms with Crippen LogP contribution in [0.2, 0.25) is 0 Å². The van der Waals surface area contributed by atoms with Gasteiger partial charge in [0, 0.05) is 22.3 Å².